The van der Waals surface area contributed by atoms with Crippen LogP contribution in [-0.4, -0.2) is 36.6 Å². The Balaban J connectivity index is 1.80. The predicted octanol–water partition coefficient (Wildman–Crippen LogP) is 2.17. The summed E-state index contributed by atoms with van der Waals surface area (Å²) in [7, 11) is 0. The summed E-state index contributed by atoms with van der Waals surface area (Å²) < 4.78 is 13.1. The molecule has 3 aromatic rings. The highest BCUT2D eigenvalue weighted by atomic mass is 32.2. The molecule has 0 bridgehead atoms. The zero-order chi connectivity index (χ0) is 14.8. The van der Waals surface area contributed by atoms with Crippen LogP contribution in [0.4, 0.5) is 4.39 Å². The maximum atomic E-state index is 13.1. The third kappa shape index (κ3) is 2.70. The summed E-state index contributed by atoms with van der Waals surface area (Å²) in [6.45, 7) is 0. The van der Waals surface area contributed by atoms with E-state index in [0.29, 0.717) is 16.2 Å². The molecule has 2 aromatic heterocycles. The van der Waals surface area contributed by atoms with Crippen molar-refractivity contribution in [3.63, 3.8) is 0 Å². The van der Waals surface area contributed by atoms with Crippen molar-refractivity contribution < 1.29 is 14.3 Å². The predicted molar refractivity (Wildman–Crippen MR) is 74.8 cm³/mol. The molecule has 0 aliphatic heterocycles. The molecule has 0 amide bonds. The minimum absolute atomic E-state index is 0.0160. The van der Waals surface area contributed by atoms with Crippen LogP contribution in [-0.2, 0) is 0 Å². The molecule has 21 heavy (non-hydrogen) atoms. The van der Waals surface area contributed by atoms with Gasteiger partial charge in [0.1, 0.15) is 28.4 Å². The van der Waals surface area contributed by atoms with Gasteiger partial charge in [-0.1, -0.05) is 11.8 Å². The van der Waals surface area contributed by atoms with Gasteiger partial charge in [0, 0.05) is 0 Å². The summed E-state index contributed by atoms with van der Waals surface area (Å²) in [6.07, 6.45) is 2.85. The van der Waals surface area contributed by atoms with Crippen LogP contribution >= 0.6 is 11.8 Å². The van der Waals surface area contributed by atoms with Gasteiger partial charge < -0.3 is 10.1 Å². The molecular weight excluding hydrogens is 295 g/mol. The van der Waals surface area contributed by atoms with Gasteiger partial charge in [-0.2, -0.15) is 0 Å². The molecular formula is C13H9FN4O2S. The molecule has 106 valence electrons. The Morgan fingerprint density at radius 1 is 1.33 bits per heavy atom. The van der Waals surface area contributed by atoms with Gasteiger partial charge in [-0.15, -0.1) is 0 Å². The Morgan fingerprint density at radius 2 is 2.19 bits per heavy atom. The third-order valence-electron chi connectivity index (χ3n) is 2.79. The van der Waals surface area contributed by atoms with Gasteiger partial charge in [0.05, 0.1) is 17.6 Å². The number of aromatic amines is 1. The van der Waals surface area contributed by atoms with E-state index in [4.69, 9.17) is 0 Å². The number of hydrogen-bond donors (Lipinski definition) is 2. The highest BCUT2D eigenvalue weighted by molar-refractivity contribution is 8.00. The van der Waals surface area contributed by atoms with Gasteiger partial charge in [-0.05, 0) is 18.2 Å². The van der Waals surface area contributed by atoms with E-state index in [1.54, 1.807) is 0 Å². The number of benzene rings is 1. The van der Waals surface area contributed by atoms with E-state index >= 15 is 0 Å². The summed E-state index contributed by atoms with van der Waals surface area (Å²) in [5.74, 6) is -1.18. The Bertz CT molecular complexity index is 821. The molecule has 0 unspecified atom stereocenters. The Kier molecular flexibility index (Phi) is 3.53. The minimum Gasteiger partial charge on any atom is -0.507 e. The number of thioether (sulfide) groups is 1. The van der Waals surface area contributed by atoms with E-state index in [1.807, 2.05) is 0 Å². The number of rotatable bonds is 4. The topological polar surface area (TPSA) is 91.8 Å². The first-order valence-electron chi connectivity index (χ1n) is 5.94. The molecule has 0 atom stereocenters. The van der Waals surface area contributed by atoms with Crippen LogP contribution in [0, 0.1) is 5.82 Å². The van der Waals surface area contributed by atoms with Crippen molar-refractivity contribution in [2.24, 2.45) is 0 Å². The standard InChI is InChI=1S/C13H9FN4O2S/c14-7-1-2-9(19)8(3-7)10(20)4-21-13-11-12(16-5-15-11)17-6-18-13/h1-3,5-6,19H,4H2,(H,15,16,17,18). The largest absolute Gasteiger partial charge is 0.507 e. The number of imidazole rings is 1. The number of Topliss-reactive ketones (excluding diaryl/α,β-unsaturated/α-hetero) is 1. The molecule has 0 fully saturated rings. The van der Waals surface area contributed by atoms with Crippen molar-refractivity contribution in [1.29, 1.82) is 0 Å². The lowest BCUT2D eigenvalue weighted by Gasteiger charge is -2.04. The maximum Gasteiger partial charge on any atom is 0.181 e. The van der Waals surface area contributed by atoms with Crippen molar-refractivity contribution in [2.45, 2.75) is 5.03 Å². The molecule has 2 heterocycles. The summed E-state index contributed by atoms with van der Waals surface area (Å²) in [6, 6.07) is 3.27. The lowest BCUT2D eigenvalue weighted by Crippen LogP contribution is -2.04. The fourth-order valence-electron chi connectivity index (χ4n) is 1.80. The second-order valence-electron chi connectivity index (χ2n) is 4.15. The van der Waals surface area contributed by atoms with Crippen molar-refractivity contribution in [3.8, 4) is 5.75 Å². The minimum atomic E-state index is -0.570. The quantitative estimate of drug-likeness (QED) is 0.436. The number of phenolic OH excluding ortho intramolecular Hbond substituents is 1. The molecule has 3 rings (SSSR count). The fourth-order valence-corrected chi connectivity index (χ4v) is 2.64. The van der Waals surface area contributed by atoms with Crippen LogP contribution in [0.1, 0.15) is 10.4 Å². The van der Waals surface area contributed by atoms with Crippen LogP contribution in [0.25, 0.3) is 11.2 Å². The maximum absolute atomic E-state index is 13.1. The Hall–Kier alpha value is -2.48. The van der Waals surface area contributed by atoms with Crippen LogP contribution in [0.3, 0.4) is 0 Å². The first-order valence-corrected chi connectivity index (χ1v) is 6.92. The molecule has 0 aliphatic rings. The average molecular weight is 304 g/mol. The lowest BCUT2D eigenvalue weighted by atomic mass is 10.1. The van der Waals surface area contributed by atoms with Crippen molar-refractivity contribution >= 4 is 28.7 Å². The van der Waals surface area contributed by atoms with Crippen molar-refractivity contribution in [1.82, 2.24) is 19.9 Å². The second-order valence-corrected chi connectivity index (χ2v) is 5.12. The number of fused-ring (bicyclic) bond motifs is 1. The highest BCUT2D eigenvalue weighted by Gasteiger charge is 2.14. The number of aromatic hydroxyl groups is 1. The van der Waals surface area contributed by atoms with E-state index in [1.165, 1.54) is 24.4 Å². The Morgan fingerprint density at radius 3 is 3.05 bits per heavy atom. The number of nitrogens with zero attached hydrogens (tertiary/aromatic N) is 3. The summed E-state index contributed by atoms with van der Waals surface area (Å²) in [5.41, 5.74) is 1.10. The number of aromatic nitrogens is 4. The zero-order valence-corrected chi connectivity index (χ0v) is 11.4. The van der Waals surface area contributed by atoms with Gasteiger partial charge in [-0.3, -0.25) is 4.79 Å². The van der Waals surface area contributed by atoms with Gasteiger partial charge >= 0.3 is 0 Å². The smallest absolute Gasteiger partial charge is 0.181 e. The number of H-pyrrole nitrogens is 1. The zero-order valence-electron chi connectivity index (χ0n) is 10.6. The van der Waals surface area contributed by atoms with Gasteiger partial charge in [0.2, 0.25) is 0 Å². The van der Waals surface area contributed by atoms with Gasteiger partial charge in [-0.25, -0.2) is 19.3 Å². The SMILES string of the molecule is O=C(CSc1ncnc2nc[nH]c12)c1cc(F)ccc1O. The van der Waals surface area contributed by atoms with E-state index < -0.39 is 5.82 Å². The summed E-state index contributed by atoms with van der Waals surface area (Å²) in [5, 5.41) is 10.2. The normalized spacial score (nSPS) is 10.9. The van der Waals surface area contributed by atoms with E-state index in [9.17, 15) is 14.3 Å². The number of phenols is 1. The molecule has 6 nitrogen and oxygen atoms in total. The Labute approximate surface area is 122 Å². The highest BCUT2D eigenvalue weighted by Crippen LogP contribution is 2.25. The van der Waals surface area contributed by atoms with Crippen LogP contribution in [0.5, 0.6) is 5.75 Å². The number of nitrogens with one attached hydrogen (secondary N) is 1. The number of halogens is 1. The molecule has 8 heteroatoms. The van der Waals surface area contributed by atoms with E-state index in [0.717, 1.165) is 18.2 Å². The monoisotopic (exact) mass is 304 g/mol. The molecule has 0 saturated carbocycles. The number of carbonyl (C=O) groups excluding carboxylic acids is 1. The fraction of sp³-hybridized carbons (Fsp3) is 0.0769. The van der Waals surface area contributed by atoms with Crippen molar-refractivity contribution in [3.05, 3.63) is 42.2 Å². The first kappa shape index (κ1) is 13.5. The average Bonchev–Trinajstić information content (AvgIpc) is 2.96. The second kappa shape index (κ2) is 5.49. The number of ketones is 1. The summed E-state index contributed by atoms with van der Waals surface area (Å²) in [4.78, 5) is 27.0. The molecule has 2 N–H and O–H groups in total. The van der Waals surface area contributed by atoms with Crippen LogP contribution in [0.15, 0.2) is 35.9 Å². The molecule has 0 saturated heterocycles. The van der Waals surface area contributed by atoms with E-state index in [-0.39, 0.29) is 22.8 Å². The molecule has 0 radical (unpaired) electrons. The van der Waals surface area contributed by atoms with Gasteiger partial charge in [0.15, 0.2) is 11.4 Å². The molecule has 1 aromatic carbocycles. The lowest BCUT2D eigenvalue weighted by molar-refractivity contribution is 0.101. The first-order chi connectivity index (χ1) is 10.1. The van der Waals surface area contributed by atoms with Crippen molar-refractivity contribution in [2.75, 3.05) is 5.75 Å². The van der Waals surface area contributed by atoms with Crippen LogP contribution in [0.2, 0.25) is 0 Å². The van der Waals surface area contributed by atoms with E-state index in [2.05, 4.69) is 19.9 Å². The molecule has 0 spiro atoms. The number of hydrogen-bond acceptors (Lipinski definition) is 6. The summed E-state index contributed by atoms with van der Waals surface area (Å²) >= 11 is 1.17. The van der Waals surface area contributed by atoms with Crippen LogP contribution < -0.4 is 0 Å². The molecule has 0 aliphatic carbocycles. The number of carbonyl (C=O) groups is 1. The third-order valence-corrected chi connectivity index (χ3v) is 3.78. The van der Waals surface area contributed by atoms with Gasteiger partial charge in [0.25, 0.3) is 0 Å².